The molecule has 0 aromatic heterocycles. The van der Waals surface area contributed by atoms with Gasteiger partial charge in [0.05, 0.1) is 6.61 Å². The third kappa shape index (κ3) is 7.78. The lowest BCUT2D eigenvalue weighted by Crippen LogP contribution is -2.50. The normalized spacial score (nSPS) is 15.0. The van der Waals surface area contributed by atoms with Crippen molar-refractivity contribution in [1.82, 2.24) is 10.2 Å². The van der Waals surface area contributed by atoms with Crippen molar-refractivity contribution in [2.24, 2.45) is 0 Å². The molecule has 5 nitrogen and oxygen atoms in total. The molecular formula is C27H35ClN2O3. The summed E-state index contributed by atoms with van der Waals surface area (Å²) in [5.41, 5.74) is 2.17. The van der Waals surface area contributed by atoms with Crippen molar-refractivity contribution < 1.29 is 14.3 Å². The largest absolute Gasteiger partial charge is 0.494 e. The smallest absolute Gasteiger partial charge is 0.242 e. The van der Waals surface area contributed by atoms with Crippen molar-refractivity contribution >= 4 is 23.4 Å². The Labute approximate surface area is 202 Å². The Morgan fingerprint density at radius 2 is 1.79 bits per heavy atom. The van der Waals surface area contributed by atoms with Crippen molar-refractivity contribution in [1.29, 1.82) is 0 Å². The number of benzene rings is 2. The number of carbonyl (C=O) groups is 2. The molecule has 0 aliphatic heterocycles. The van der Waals surface area contributed by atoms with Crippen molar-refractivity contribution in [2.75, 3.05) is 6.61 Å². The van der Waals surface area contributed by atoms with E-state index < -0.39 is 6.04 Å². The van der Waals surface area contributed by atoms with E-state index in [1.54, 1.807) is 17.0 Å². The highest BCUT2D eigenvalue weighted by molar-refractivity contribution is 6.30. The number of aryl methyl sites for hydroxylation is 1. The first kappa shape index (κ1) is 25.1. The van der Waals surface area contributed by atoms with E-state index in [1.165, 1.54) is 6.42 Å². The molecule has 1 aliphatic rings. The number of nitrogens with one attached hydrogen (secondary N) is 1. The number of rotatable bonds is 10. The fraction of sp³-hybridized carbons (Fsp3) is 0.481. The van der Waals surface area contributed by atoms with E-state index in [9.17, 15) is 9.59 Å². The number of carbonyl (C=O) groups excluding carboxylic acids is 2. The molecule has 1 fully saturated rings. The summed E-state index contributed by atoms with van der Waals surface area (Å²) in [5.74, 6) is 0.620. The third-order valence-corrected chi connectivity index (χ3v) is 6.59. The van der Waals surface area contributed by atoms with Crippen LogP contribution in [0.25, 0.3) is 0 Å². The molecule has 1 unspecified atom stereocenters. The zero-order chi connectivity index (χ0) is 23.6. The standard InChI is InChI=1S/C27H35ClN2O3/c1-20-9-6-7-10-22(20)19-30(21(2)27(32)29-24-11-4-3-5-12-24)26(31)13-8-18-33-25-16-14-23(28)15-17-25/h6-7,9-10,14-17,21,24H,3-5,8,11-13,18-19H2,1-2H3,(H,29,32). The van der Waals surface area contributed by atoms with E-state index in [0.29, 0.717) is 31.0 Å². The molecule has 0 bridgehead atoms. The Bertz CT molecular complexity index is 910. The SMILES string of the molecule is Cc1ccccc1CN(C(=O)CCCOc1ccc(Cl)cc1)C(C)C(=O)NC1CCCCC1. The molecule has 6 heteroatoms. The highest BCUT2D eigenvalue weighted by Crippen LogP contribution is 2.20. The first-order valence-corrected chi connectivity index (χ1v) is 12.3. The van der Waals surface area contributed by atoms with Crippen LogP contribution in [-0.2, 0) is 16.1 Å². The molecule has 2 amide bonds. The minimum absolute atomic E-state index is 0.0377. The van der Waals surface area contributed by atoms with Gasteiger partial charge in [-0.05, 0) is 68.5 Å². The zero-order valence-corrected chi connectivity index (χ0v) is 20.4. The quantitative estimate of drug-likeness (QED) is 0.455. The Hall–Kier alpha value is -2.53. The number of hydrogen-bond donors (Lipinski definition) is 1. The second-order valence-electron chi connectivity index (χ2n) is 8.87. The Morgan fingerprint density at radius 1 is 1.09 bits per heavy atom. The molecule has 0 saturated heterocycles. The predicted octanol–water partition coefficient (Wildman–Crippen LogP) is 5.67. The summed E-state index contributed by atoms with van der Waals surface area (Å²) in [6.07, 6.45) is 6.47. The summed E-state index contributed by atoms with van der Waals surface area (Å²) in [7, 11) is 0. The van der Waals surface area contributed by atoms with Crippen LogP contribution in [0, 0.1) is 6.92 Å². The van der Waals surface area contributed by atoms with Crippen LogP contribution in [0.5, 0.6) is 5.75 Å². The van der Waals surface area contributed by atoms with Gasteiger partial charge in [-0.1, -0.05) is 55.1 Å². The van der Waals surface area contributed by atoms with Crippen molar-refractivity contribution in [3.63, 3.8) is 0 Å². The second kappa shape index (κ2) is 12.6. The Balaban J connectivity index is 1.60. The topological polar surface area (TPSA) is 58.6 Å². The first-order chi connectivity index (χ1) is 15.9. The van der Waals surface area contributed by atoms with Gasteiger partial charge in [0.25, 0.3) is 0 Å². The van der Waals surface area contributed by atoms with E-state index >= 15 is 0 Å². The molecule has 33 heavy (non-hydrogen) atoms. The van der Waals surface area contributed by atoms with Gasteiger partial charge in [-0.25, -0.2) is 0 Å². The summed E-state index contributed by atoms with van der Waals surface area (Å²) in [5, 5.41) is 3.84. The second-order valence-corrected chi connectivity index (χ2v) is 9.31. The van der Waals surface area contributed by atoms with Gasteiger partial charge in [0.1, 0.15) is 11.8 Å². The van der Waals surface area contributed by atoms with Crippen LogP contribution in [0.3, 0.4) is 0 Å². The Morgan fingerprint density at radius 3 is 2.48 bits per heavy atom. The maximum Gasteiger partial charge on any atom is 0.242 e. The maximum absolute atomic E-state index is 13.2. The fourth-order valence-electron chi connectivity index (χ4n) is 4.21. The molecule has 1 saturated carbocycles. The number of hydrogen-bond acceptors (Lipinski definition) is 3. The van der Waals surface area contributed by atoms with Crippen molar-refractivity contribution in [3.05, 3.63) is 64.7 Å². The van der Waals surface area contributed by atoms with Gasteiger partial charge in [0.15, 0.2) is 0 Å². The van der Waals surface area contributed by atoms with Gasteiger partial charge in [0, 0.05) is 24.0 Å². The van der Waals surface area contributed by atoms with Crippen LogP contribution in [-0.4, -0.2) is 35.4 Å². The summed E-state index contributed by atoms with van der Waals surface area (Å²) in [6, 6.07) is 14.9. The summed E-state index contributed by atoms with van der Waals surface area (Å²) in [6.45, 7) is 4.71. The fourth-order valence-corrected chi connectivity index (χ4v) is 4.34. The number of ether oxygens (including phenoxy) is 1. The molecule has 3 rings (SSSR count). The third-order valence-electron chi connectivity index (χ3n) is 6.34. The van der Waals surface area contributed by atoms with E-state index in [-0.39, 0.29) is 17.9 Å². The van der Waals surface area contributed by atoms with Gasteiger partial charge in [0.2, 0.25) is 11.8 Å². The maximum atomic E-state index is 13.2. The van der Waals surface area contributed by atoms with Crippen molar-refractivity contribution in [3.8, 4) is 5.75 Å². The van der Waals surface area contributed by atoms with E-state index in [0.717, 1.165) is 42.6 Å². The molecule has 178 valence electrons. The molecule has 2 aromatic rings. The highest BCUT2D eigenvalue weighted by atomic mass is 35.5. The van der Waals surface area contributed by atoms with Crippen LogP contribution >= 0.6 is 11.6 Å². The average Bonchev–Trinajstić information content (AvgIpc) is 2.82. The zero-order valence-electron chi connectivity index (χ0n) is 19.7. The summed E-state index contributed by atoms with van der Waals surface area (Å²) < 4.78 is 5.73. The average molecular weight is 471 g/mol. The lowest BCUT2D eigenvalue weighted by molar-refractivity contribution is -0.141. The lowest BCUT2D eigenvalue weighted by atomic mass is 9.95. The molecule has 2 aromatic carbocycles. The van der Waals surface area contributed by atoms with Gasteiger partial charge < -0.3 is 15.0 Å². The molecule has 1 atom stereocenters. The molecule has 1 aliphatic carbocycles. The van der Waals surface area contributed by atoms with Crippen LogP contribution in [0.4, 0.5) is 0 Å². The molecule has 1 N–H and O–H groups in total. The van der Waals surface area contributed by atoms with Crippen molar-refractivity contribution in [2.45, 2.75) is 77.4 Å². The minimum atomic E-state index is -0.531. The molecule has 0 spiro atoms. The Kier molecular flexibility index (Phi) is 9.61. The van der Waals surface area contributed by atoms with Crippen LogP contribution in [0.1, 0.15) is 63.0 Å². The van der Waals surface area contributed by atoms with E-state index in [1.807, 2.05) is 50.2 Å². The van der Waals surface area contributed by atoms with Gasteiger partial charge in [-0.15, -0.1) is 0 Å². The number of amides is 2. The van der Waals surface area contributed by atoms with Crippen LogP contribution < -0.4 is 10.1 Å². The van der Waals surface area contributed by atoms with E-state index in [2.05, 4.69) is 5.32 Å². The van der Waals surface area contributed by atoms with E-state index in [4.69, 9.17) is 16.3 Å². The van der Waals surface area contributed by atoms with Crippen LogP contribution in [0.2, 0.25) is 5.02 Å². The highest BCUT2D eigenvalue weighted by Gasteiger charge is 2.28. The number of halogens is 1. The summed E-state index contributed by atoms with van der Waals surface area (Å²) in [4.78, 5) is 28.0. The minimum Gasteiger partial charge on any atom is -0.494 e. The first-order valence-electron chi connectivity index (χ1n) is 12.0. The van der Waals surface area contributed by atoms with Gasteiger partial charge in [-0.2, -0.15) is 0 Å². The van der Waals surface area contributed by atoms with Gasteiger partial charge >= 0.3 is 0 Å². The van der Waals surface area contributed by atoms with Gasteiger partial charge in [-0.3, -0.25) is 9.59 Å². The predicted molar refractivity (Wildman–Crippen MR) is 132 cm³/mol. The van der Waals surface area contributed by atoms with Crippen LogP contribution in [0.15, 0.2) is 48.5 Å². The monoisotopic (exact) mass is 470 g/mol. The molecular weight excluding hydrogens is 436 g/mol. The lowest BCUT2D eigenvalue weighted by Gasteiger charge is -2.31. The molecule has 0 heterocycles. The summed E-state index contributed by atoms with van der Waals surface area (Å²) >= 11 is 5.91. The number of nitrogens with zero attached hydrogens (tertiary/aromatic N) is 1. The molecule has 0 radical (unpaired) electrons.